The molecule has 0 saturated heterocycles. The van der Waals surface area contributed by atoms with Gasteiger partial charge in [0.1, 0.15) is 6.10 Å². The molecule has 22 heavy (non-hydrogen) atoms. The first kappa shape index (κ1) is 16.7. The summed E-state index contributed by atoms with van der Waals surface area (Å²) in [5, 5.41) is -0.465. The van der Waals surface area contributed by atoms with Gasteiger partial charge in [-0.2, -0.15) is 0 Å². The van der Waals surface area contributed by atoms with Gasteiger partial charge in [0.25, 0.3) is 5.24 Å². The molecule has 3 nitrogen and oxygen atoms in total. The Kier molecular flexibility index (Phi) is 6.13. The van der Waals surface area contributed by atoms with E-state index >= 15 is 0 Å². The maximum Gasteiger partial charge on any atom is 0.252 e. The predicted octanol–water partition coefficient (Wildman–Crippen LogP) is 3.73. The molecule has 0 amide bonds. The van der Waals surface area contributed by atoms with Crippen LogP contribution in [0.15, 0.2) is 54.6 Å². The summed E-state index contributed by atoms with van der Waals surface area (Å²) in [7, 11) is 3.99. The van der Waals surface area contributed by atoms with Crippen LogP contribution in [0.5, 0.6) is 0 Å². The van der Waals surface area contributed by atoms with E-state index in [4.69, 9.17) is 16.3 Å². The minimum atomic E-state index is -0.465. The zero-order chi connectivity index (χ0) is 15.9. The Morgan fingerprint density at radius 3 is 2.36 bits per heavy atom. The molecule has 0 aromatic heterocycles. The molecule has 116 valence electrons. The van der Waals surface area contributed by atoms with Gasteiger partial charge < -0.3 is 9.64 Å². The van der Waals surface area contributed by atoms with Gasteiger partial charge in [-0.05, 0) is 42.9 Å². The van der Waals surface area contributed by atoms with Gasteiger partial charge in [0.05, 0.1) is 6.61 Å². The first-order chi connectivity index (χ1) is 10.6. The largest absolute Gasteiger partial charge is 0.367 e. The summed E-state index contributed by atoms with van der Waals surface area (Å²) < 4.78 is 6.06. The van der Waals surface area contributed by atoms with Crippen molar-refractivity contribution < 1.29 is 9.53 Å². The molecule has 2 aromatic rings. The van der Waals surface area contributed by atoms with Gasteiger partial charge in [0.2, 0.25) is 0 Å². The Balaban J connectivity index is 2.34. The zero-order valence-electron chi connectivity index (χ0n) is 12.8. The Labute approximate surface area is 136 Å². The van der Waals surface area contributed by atoms with Crippen LogP contribution in [0.4, 0.5) is 0 Å². The molecule has 0 aliphatic heterocycles. The second-order valence-corrected chi connectivity index (χ2v) is 5.67. The van der Waals surface area contributed by atoms with E-state index in [9.17, 15) is 4.79 Å². The highest BCUT2D eigenvalue weighted by molar-refractivity contribution is 6.67. The van der Waals surface area contributed by atoms with Gasteiger partial charge >= 0.3 is 0 Å². The number of nitrogens with zero attached hydrogens (tertiary/aromatic N) is 1. The highest BCUT2D eigenvalue weighted by atomic mass is 35.5. The lowest BCUT2D eigenvalue weighted by atomic mass is 9.97. The van der Waals surface area contributed by atoms with Crippen molar-refractivity contribution in [3.63, 3.8) is 0 Å². The molecule has 4 heteroatoms. The van der Waals surface area contributed by atoms with E-state index in [1.54, 1.807) is 12.1 Å². The standard InChI is InChI=1S/C18H20ClNO2/c1-20(2)12-13-22-17(14-8-4-3-5-9-14)15-10-6-7-11-16(15)18(19)21/h3-11,17H,12-13H2,1-2H3. The van der Waals surface area contributed by atoms with Crippen LogP contribution in [0, 0.1) is 0 Å². The van der Waals surface area contributed by atoms with Crippen molar-refractivity contribution in [2.75, 3.05) is 27.2 Å². The van der Waals surface area contributed by atoms with Crippen LogP contribution < -0.4 is 0 Å². The van der Waals surface area contributed by atoms with Crippen LogP contribution in [0.2, 0.25) is 0 Å². The minimum Gasteiger partial charge on any atom is -0.367 e. The van der Waals surface area contributed by atoms with Crippen LogP contribution in [0.3, 0.4) is 0 Å². The number of halogens is 1. The molecule has 1 atom stereocenters. The van der Waals surface area contributed by atoms with Gasteiger partial charge in [-0.1, -0.05) is 48.5 Å². The smallest absolute Gasteiger partial charge is 0.252 e. The highest BCUT2D eigenvalue weighted by Crippen LogP contribution is 2.29. The molecular formula is C18H20ClNO2. The average molecular weight is 318 g/mol. The minimum absolute atomic E-state index is 0.306. The Hall–Kier alpha value is -1.68. The third-order valence-corrected chi connectivity index (χ3v) is 3.58. The SMILES string of the molecule is CN(C)CCOC(c1ccccc1)c1ccccc1C(=O)Cl. The summed E-state index contributed by atoms with van der Waals surface area (Å²) in [6, 6.07) is 17.2. The molecule has 0 aliphatic rings. The number of ether oxygens (including phenoxy) is 1. The second-order valence-electron chi connectivity index (χ2n) is 5.33. The molecule has 0 heterocycles. The van der Waals surface area contributed by atoms with Gasteiger partial charge in [-0.15, -0.1) is 0 Å². The monoisotopic (exact) mass is 317 g/mol. The van der Waals surface area contributed by atoms with Crippen LogP contribution >= 0.6 is 11.6 Å². The molecule has 0 aliphatic carbocycles. The van der Waals surface area contributed by atoms with Crippen LogP contribution in [0.25, 0.3) is 0 Å². The molecule has 2 rings (SSSR count). The maximum atomic E-state index is 11.7. The Morgan fingerprint density at radius 1 is 1.09 bits per heavy atom. The first-order valence-corrected chi connectivity index (χ1v) is 7.57. The number of carbonyl (C=O) groups is 1. The van der Waals surface area contributed by atoms with Crippen LogP contribution in [0.1, 0.15) is 27.6 Å². The quantitative estimate of drug-likeness (QED) is 0.729. The third kappa shape index (κ3) is 4.41. The zero-order valence-corrected chi connectivity index (χ0v) is 13.6. The van der Waals surface area contributed by atoms with Crippen molar-refractivity contribution in [3.05, 3.63) is 71.3 Å². The molecule has 2 aromatic carbocycles. The number of rotatable bonds is 7. The molecule has 0 fully saturated rings. The lowest BCUT2D eigenvalue weighted by molar-refractivity contribution is 0.0678. The Morgan fingerprint density at radius 2 is 1.73 bits per heavy atom. The molecular weight excluding hydrogens is 298 g/mol. The lowest BCUT2D eigenvalue weighted by Gasteiger charge is -2.22. The summed E-state index contributed by atoms with van der Waals surface area (Å²) in [5.74, 6) is 0. The summed E-state index contributed by atoms with van der Waals surface area (Å²) in [4.78, 5) is 13.7. The van der Waals surface area contributed by atoms with Crippen molar-refractivity contribution in [2.24, 2.45) is 0 Å². The predicted molar refractivity (Wildman–Crippen MR) is 89.4 cm³/mol. The van der Waals surface area contributed by atoms with E-state index in [2.05, 4.69) is 4.90 Å². The fourth-order valence-corrected chi connectivity index (χ4v) is 2.42. The van der Waals surface area contributed by atoms with Gasteiger partial charge in [-0.3, -0.25) is 4.79 Å². The average Bonchev–Trinajstić information content (AvgIpc) is 2.52. The Bertz CT molecular complexity index is 613. The van der Waals surface area contributed by atoms with Crippen LogP contribution in [-0.4, -0.2) is 37.4 Å². The lowest BCUT2D eigenvalue weighted by Crippen LogP contribution is -2.20. The molecule has 0 N–H and O–H groups in total. The van der Waals surface area contributed by atoms with Gasteiger partial charge in [0, 0.05) is 12.1 Å². The van der Waals surface area contributed by atoms with Gasteiger partial charge in [-0.25, -0.2) is 0 Å². The number of carbonyl (C=O) groups excluding carboxylic acids is 1. The number of benzene rings is 2. The van der Waals surface area contributed by atoms with E-state index < -0.39 is 5.24 Å². The van der Waals surface area contributed by atoms with Crippen LogP contribution in [-0.2, 0) is 4.74 Å². The topological polar surface area (TPSA) is 29.5 Å². The number of likely N-dealkylation sites (N-methyl/N-ethyl adjacent to an activating group) is 1. The summed E-state index contributed by atoms with van der Waals surface area (Å²) >= 11 is 5.72. The van der Waals surface area contributed by atoms with E-state index in [0.29, 0.717) is 12.2 Å². The van der Waals surface area contributed by atoms with E-state index in [-0.39, 0.29) is 6.10 Å². The third-order valence-electron chi connectivity index (χ3n) is 3.38. The van der Waals surface area contributed by atoms with Crippen molar-refractivity contribution in [3.8, 4) is 0 Å². The highest BCUT2D eigenvalue weighted by Gasteiger charge is 2.20. The van der Waals surface area contributed by atoms with Crippen molar-refractivity contribution in [1.82, 2.24) is 4.90 Å². The fourth-order valence-electron chi connectivity index (χ4n) is 2.25. The van der Waals surface area contributed by atoms with Crippen molar-refractivity contribution in [2.45, 2.75) is 6.10 Å². The number of hydrogen-bond donors (Lipinski definition) is 0. The fraction of sp³-hybridized carbons (Fsp3) is 0.278. The van der Waals surface area contributed by atoms with E-state index in [1.807, 2.05) is 56.6 Å². The molecule has 0 spiro atoms. The van der Waals surface area contributed by atoms with Crippen molar-refractivity contribution >= 4 is 16.8 Å². The molecule has 0 bridgehead atoms. The summed E-state index contributed by atoms with van der Waals surface area (Å²) in [5.41, 5.74) is 2.29. The number of hydrogen-bond acceptors (Lipinski definition) is 3. The molecule has 0 saturated carbocycles. The van der Waals surface area contributed by atoms with E-state index in [0.717, 1.165) is 17.7 Å². The first-order valence-electron chi connectivity index (χ1n) is 7.19. The van der Waals surface area contributed by atoms with E-state index in [1.165, 1.54) is 0 Å². The molecule has 0 radical (unpaired) electrons. The second kappa shape index (κ2) is 8.08. The maximum absolute atomic E-state index is 11.7. The van der Waals surface area contributed by atoms with Crippen molar-refractivity contribution in [1.29, 1.82) is 0 Å². The van der Waals surface area contributed by atoms with Gasteiger partial charge in [0.15, 0.2) is 0 Å². The summed E-state index contributed by atoms with van der Waals surface area (Å²) in [6.07, 6.45) is -0.306. The molecule has 1 unspecified atom stereocenters. The summed E-state index contributed by atoms with van der Waals surface area (Å²) in [6.45, 7) is 1.37. The normalized spacial score (nSPS) is 12.4.